The molecule has 1 saturated heterocycles. The van der Waals surface area contributed by atoms with Gasteiger partial charge in [0.1, 0.15) is 0 Å². The summed E-state index contributed by atoms with van der Waals surface area (Å²) in [5.41, 5.74) is 6.81. The predicted octanol–water partition coefficient (Wildman–Crippen LogP) is 2.74. The molecule has 0 saturated carbocycles. The van der Waals surface area contributed by atoms with E-state index in [9.17, 15) is 4.79 Å². The molecule has 1 heterocycles. The minimum absolute atomic E-state index is 0.334. The van der Waals surface area contributed by atoms with Crippen LogP contribution in [0.4, 0.5) is 0 Å². The van der Waals surface area contributed by atoms with Gasteiger partial charge < -0.3 is 10.6 Å². The highest BCUT2D eigenvalue weighted by Gasteiger charge is 2.28. The van der Waals surface area contributed by atoms with E-state index in [2.05, 4.69) is 29.2 Å². The van der Waals surface area contributed by atoms with E-state index in [-0.39, 0.29) is 0 Å². The van der Waals surface area contributed by atoms with Crippen molar-refractivity contribution in [3.8, 4) is 0 Å². The van der Waals surface area contributed by atoms with Gasteiger partial charge in [0, 0.05) is 19.0 Å². The maximum Gasteiger partial charge on any atom is 0.222 e. The van der Waals surface area contributed by atoms with Gasteiger partial charge in [-0.25, -0.2) is 0 Å². The molecule has 2 N–H and O–H groups in total. The Kier molecular flexibility index (Phi) is 6.06. The fraction of sp³-hybridized carbons (Fsp3) is 0.588. The van der Waals surface area contributed by atoms with Gasteiger partial charge in [0.2, 0.25) is 5.91 Å². The number of benzene rings is 1. The third-order valence-corrected chi connectivity index (χ3v) is 4.11. The highest BCUT2D eigenvalue weighted by Crippen LogP contribution is 2.22. The number of nitrogens with zero attached hydrogens (tertiary/aromatic N) is 1. The highest BCUT2D eigenvalue weighted by atomic mass is 16.2. The van der Waals surface area contributed by atoms with E-state index in [0.29, 0.717) is 18.4 Å². The average molecular weight is 274 g/mol. The standard InChI is InChI=1S/C17H26N2O/c18-12-6-2-5-11-17(20)19-13-7-10-16(19)14-15-8-3-1-4-9-15/h1,3-4,8-9,16H,2,5-7,10-14,18H2. The van der Waals surface area contributed by atoms with Crippen LogP contribution < -0.4 is 5.73 Å². The Morgan fingerprint density at radius 1 is 1.20 bits per heavy atom. The van der Waals surface area contributed by atoms with Gasteiger partial charge in [0.05, 0.1) is 0 Å². The molecule has 1 aromatic carbocycles. The Bertz CT molecular complexity index is 405. The second kappa shape index (κ2) is 8.05. The molecule has 3 nitrogen and oxygen atoms in total. The van der Waals surface area contributed by atoms with Gasteiger partial charge in [0.15, 0.2) is 0 Å². The molecule has 0 spiro atoms. The van der Waals surface area contributed by atoms with Crippen LogP contribution in [0.3, 0.4) is 0 Å². The van der Waals surface area contributed by atoms with Crippen LogP contribution in [-0.2, 0) is 11.2 Å². The van der Waals surface area contributed by atoms with Crippen molar-refractivity contribution in [2.24, 2.45) is 5.73 Å². The van der Waals surface area contributed by atoms with Gasteiger partial charge in [-0.3, -0.25) is 4.79 Å². The summed E-state index contributed by atoms with van der Waals surface area (Å²) in [6.07, 6.45) is 7.04. The molecule has 20 heavy (non-hydrogen) atoms. The molecule has 1 atom stereocenters. The number of carbonyl (C=O) groups excluding carboxylic acids is 1. The van der Waals surface area contributed by atoms with Crippen molar-refractivity contribution in [2.75, 3.05) is 13.1 Å². The number of hydrogen-bond donors (Lipinski definition) is 1. The predicted molar refractivity (Wildman–Crippen MR) is 82.4 cm³/mol. The molecule has 1 unspecified atom stereocenters. The van der Waals surface area contributed by atoms with Gasteiger partial charge in [0.25, 0.3) is 0 Å². The molecule has 2 rings (SSSR count). The molecule has 0 aliphatic carbocycles. The number of nitrogens with two attached hydrogens (primary N) is 1. The van der Waals surface area contributed by atoms with Crippen molar-refractivity contribution in [1.82, 2.24) is 4.90 Å². The second-order valence-electron chi connectivity index (χ2n) is 5.67. The number of unbranched alkanes of at least 4 members (excludes halogenated alkanes) is 2. The van der Waals surface area contributed by atoms with Crippen molar-refractivity contribution in [3.63, 3.8) is 0 Å². The molecule has 3 heteroatoms. The van der Waals surface area contributed by atoms with Crippen LogP contribution in [0, 0.1) is 0 Å². The van der Waals surface area contributed by atoms with Crippen molar-refractivity contribution < 1.29 is 4.79 Å². The van der Waals surface area contributed by atoms with Gasteiger partial charge in [-0.2, -0.15) is 0 Å². The number of hydrogen-bond acceptors (Lipinski definition) is 2. The molecule has 0 aromatic heterocycles. The Morgan fingerprint density at radius 3 is 2.75 bits per heavy atom. The van der Waals surface area contributed by atoms with Crippen LogP contribution >= 0.6 is 0 Å². The van der Waals surface area contributed by atoms with Gasteiger partial charge in [-0.05, 0) is 44.2 Å². The van der Waals surface area contributed by atoms with Crippen molar-refractivity contribution in [3.05, 3.63) is 35.9 Å². The lowest BCUT2D eigenvalue weighted by Crippen LogP contribution is -2.36. The van der Waals surface area contributed by atoms with E-state index >= 15 is 0 Å². The maximum atomic E-state index is 12.3. The van der Waals surface area contributed by atoms with E-state index in [1.54, 1.807) is 0 Å². The van der Waals surface area contributed by atoms with Crippen molar-refractivity contribution in [1.29, 1.82) is 0 Å². The zero-order valence-corrected chi connectivity index (χ0v) is 12.3. The summed E-state index contributed by atoms with van der Waals surface area (Å²) in [6, 6.07) is 10.9. The number of rotatable bonds is 7. The molecule has 1 amide bonds. The Hall–Kier alpha value is -1.35. The molecular weight excluding hydrogens is 248 g/mol. The van der Waals surface area contributed by atoms with Crippen LogP contribution in [0.5, 0.6) is 0 Å². The van der Waals surface area contributed by atoms with E-state index in [1.165, 1.54) is 5.56 Å². The smallest absolute Gasteiger partial charge is 0.222 e. The zero-order valence-electron chi connectivity index (χ0n) is 12.3. The van der Waals surface area contributed by atoms with E-state index in [4.69, 9.17) is 5.73 Å². The quantitative estimate of drug-likeness (QED) is 0.777. The normalized spacial score (nSPS) is 18.4. The molecular formula is C17H26N2O. The lowest BCUT2D eigenvalue weighted by molar-refractivity contribution is -0.132. The lowest BCUT2D eigenvalue weighted by Gasteiger charge is -2.25. The molecule has 110 valence electrons. The fourth-order valence-electron chi connectivity index (χ4n) is 3.00. The average Bonchev–Trinajstić information content (AvgIpc) is 2.93. The summed E-state index contributed by atoms with van der Waals surface area (Å²) in [6.45, 7) is 1.67. The van der Waals surface area contributed by atoms with Crippen LogP contribution in [0.1, 0.15) is 44.1 Å². The molecule has 1 aliphatic rings. The van der Waals surface area contributed by atoms with E-state index in [1.807, 2.05) is 6.07 Å². The first-order valence-corrected chi connectivity index (χ1v) is 7.84. The van der Waals surface area contributed by atoms with Gasteiger partial charge >= 0.3 is 0 Å². The van der Waals surface area contributed by atoms with Crippen LogP contribution in [0.15, 0.2) is 30.3 Å². The van der Waals surface area contributed by atoms with E-state index in [0.717, 1.165) is 51.6 Å². The van der Waals surface area contributed by atoms with Gasteiger partial charge in [-0.15, -0.1) is 0 Å². The first kappa shape index (κ1) is 15.0. The fourth-order valence-corrected chi connectivity index (χ4v) is 3.00. The third kappa shape index (κ3) is 4.34. The van der Waals surface area contributed by atoms with E-state index < -0.39 is 0 Å². The summed E-state index contributed by atoms with van der Waals surface area (Å²) in [5, 5.41) is 0. The van der Waals surface area contributed by atoms with Gasteiger partial charge in [-0.1, -0.05) is 36.8 Å². The highest BCUT2D eigenvalue weighted by molar-refractivity contribution is 5.76. The summed E-state index contributed by atoms with van der Waals surface area (Å²) < 4.78 is 0. The lowest BCUT2D eigenvalue weighted by atomic mass is 10.0. The maximum absolute atomic E-state index is 12.3. The largest absolute Gasteiger partial charge is 0.339 e. The monoisotopic (exact) mass is 274 g/mol. The Labute approximate surface area is 122 Å². The Morgan fingerprint density at radius 2 is 2.00 bits per heavy atom. The summed E-state index contributed by atoms with van der Waals surface area (Å²) in [7, 11) is 0. The van der Waals surface area contributed by atoms with Crippen molar-refractivity contribution >= 4 is 5.91 Å². The minimum Gasteiger partial charge on any atom is -0.339 e. The SMILES string of the molecule is NCCCCCC(=O)N1CCCC1Cc1ccccc1. The topological polar surface area (TPSA) is 46.3 Å². The van der Waals surface area contributed by atoms with Crippen LogP contribution in [0.25, 0.3) is 0 Å². The van der Waals surface area contributed by atoms with Crippen LogP contribution in [0.2, 0.25) is 0 Å². The Balaban J connectivity index is 1.82. The molecule has 1 fully saturated rings. The summed E-state index contributed by atoms with van der Waals surface area (Å²) in [4.78, 5) is 14.4. The first-order chi connectivity index (χ1) is 9.81. The second-order valence-corrected chi connectivity index (χ2v) is 5.67. The molecule has 0 radical (unpaired) electrons. The minimum atomic E-state index is 0.334. The molecule has 1 aliphatic heterocycles. The number of carbonyl (C=O) groups is 1. The number of amides is 1. The zero-order chi connectivity index (χ0) is 14.2. The third-order valence-electron chi connectivity index (χ3n) is 4.11. The van der Waals surface area contributed by atoms with Crippen LogP contribution in [-0.4, -0.2) is 29.9 Å². The van der Waals surface area contributed by atoms with Crippen molar-refractivity contribution in [2.45, 2.75) is 51.0 Å². The molecule has 1 aromatic rings. The summed E-state index contributed by atoms with van der Waals surface area (Å²) in [5.74, 6) is 0.334. The number of likely N-dealkylation sites (tertiary alicyclic amines) is 1. The molecule has 0 bridgehead atoms. The summed E-state index contributed by atoms with van der Waals surface area (Å²) >= 11 is 0. The first-order valence-electron chi connectivity index (χ1n) is 7.84.